The highest BCUT2D eigenvalue weighted by Crippen LogP contribution is 2.42. The number of piperazine rings is 1. The van der Waals surface area contributed by atoms with E-state index < -0.39 is 20.8 Å². The zero-order valence-electron chi connectivity index (χ0n) is 10.3. The molecule has 0 N–H and O–H groups in total. The van der Waals surface area contributed by atoms with E-state index in [2.05, 4.69) is 0 Å². The molecule has 0 saturated carbocycles. The molecule has 0 spiro atoms. The summed E-state index contributed by atoms with van der Waals surface area (Å²) in [7, 11) is -3.63. The van der Waals surface area contributed by atoms with E-state index in [-0.39, 0.29) is 18.2 Å². The maximum atomic E-state index is 12.6. The number of amides is 2. The molecule has 3 aliphatic heterocycles. The van der Waals surface area contributed by atoms with Gasteiger partial charge in [-0.1, -0.05) is 0 Å². The van der Waals surface area contributed by atoms with Crippen molar-refractivity contribution in [1.29, 1.82) is 0 Å². The first-order chi connectivity index (χ1) is 8.39. The Balaban J connectivity index is 2.17. The summed E-state index contributed by atoms with van der Waals surface area (Å²) in [6.45, 7) is 0.877. The van der Waals surface area contributed by atoms with Crippen LogP contribution >= 0.6 is 0 Å². The molecule has 3 saturated heterocycles. The van der Waals surface area contributed by atoms with Gasteiger partial charge in [-0.15, -0.1) is 0 Å². The van der Waals surface area contributed by atoms with Gasteiger partial charge in [-0.2, -0.15) is 0 Å². The van der Waals surface area contributed by atoms with Gasteiger partial charge in [-0.05, 0) is 25.7 Å². The first-order valence-electron chi connectivity index (χ1n) is 6.22. The lowest BCUT2D eigenvalue weighted by Crippen LogP contribution is -2.70. The predicted octanol–water partition coefficient (Wildman–Crippen LogP) is -0.646. The number of fused-ring (bicyclic) bond motifs is 2. The monoisotopic (exact) mass is 272 g/mol. The molecule has 6 nitrogen and oxygen atoms in total. The van der Waals surface area contributed by atoms with E-state index in [1.165, 1.54) is 9.80 Å². The molecule has 0 bridgehead atoms. The van der Waals surface area contributed by atoms with Crippen LogP contribution in [0.25, 0.3) is 0 Å². The van der Waals surface area contributed by atoms with Crippen LogP contribution in [0.15, 0.2) is 0 Å². The Hall–Kier alpha value is -1.11. The first-order valence-corrected chi connectivity index (χ1v) is 8.11. The van der Waals surface area contributed by atoms with Crippen molar-refractivity contribution in [2.75, 3.05) is 19.3 Å². The highest BCUT2D eigenvalue weighted by molar-refractivity contribution is 7.92. The van der Waals surface area contributed by atoms with E-state index in [4.69, 9.17) is 0 Å². The number of hydrogen-bond donors (Lipinski definition) is 0. The third-order valence-electron chi connectivity index (χ3n) is 4.35. The summed E-state index contributed by atoms with van der Waals surface area (Å²) in [5, 5.41) is 0. The average molecular weight is 272 g/mol. The Morgan fingerprint density at radius 1 is 1.22 bits per heavy atom. The smallest absolute Gasteiger partial charge is 0.265 e. The van der Waals surface area contributed by atoms with E-state index in [1.54, 1.807) is 0 Å². The minimum Gasteiger partial charge on any atom is -0.328 e. The zero-order chi connectivity index (χ0) is 13.1. The second-order valence-electron chi connectivity index (χ2n) is 5.31. The third-order valence-corrected chi connectivity index (χ3v) is 6.17. The fourth-order valence-corrected chi connectivity index (χ4v) is 5.05. The van der Waals surface area contributed by atoms with Gasteiger partial charge >= 0.3 is 0 Å². The second-order valence-corrected chi connectivity index (χ2v) is 7.53. The standard InChI is InChI=1S/C11H16N2O4S/c1-18(16,17)11-5-3-7-13(11)9(14)8-4-2-6-12(8)10(11)15/h8H,2-7H2,1H3/t8-,11-/m1/s1. The summed E-state index contributed by atoms with van der Waals surface area (Å²) in [6, 6.07) is -0.425. The van der Waals surface area contributed by atoms with Crippen molar-refractivity contribution in [3.05, 3.63) is 0 Å². The maximum Gasteiger partial charge on any atom is 0.265 e. The lowest BCUT2D eigenvalue weighted by molar-refractivity contribution is -0.159. The molecular weight excluding hydrogens is 256 g/mol. The minimum atomic E-state index is -3.63. The highest BCUT2D eigenvalue weighted by Gasteiger charge is 2.64. The third kappa shape index (κ3) is 1.20. The van der Waals surface area contributed by atoms with Crippen LogP contribution < -0.4 is 0 Å². The van der Waals surface area contributed by atoms with Crippen LogP contribution in [-0.2, 0) is 19.4 Å². The SMILES string of the molecule is CS(=O)(=O)[C@@]12CCCN1C(=O)[C@H]1CCCN1C2=O. The van der Waals surface area contributed by atoms with Crippen LogP contribution in [0.4, 0.5) is 0 Å². The fourth-order valence-electron chi connectivity index (χ4n) is 3.52. The summed E-state index contributed by atoms with van der Waals surface area (Å²) in [5.41, 5.74) is 0. The maximum absolute atomic E-state index is 12.6. The molecule has 2 amide bonds. The van der Waals surface area contributed by atoms with Gasteiger partial charge in [0.15, 0.2) is 9.84 Å². The summed E-state index contributed by atoms with van der Waals surface area (Å²) in [6.07, 6.45) is 3.30. The Kier molecular flexibility index (Phi) is 2.30. The van der Waals surface area contributed by atoms with Crippen LogP contribution in [0.2, 0.25) is 0 Å². The second kappa shape index (κ2) is 3.46. The molecule has 100 valence electrons. The number of sulfone groups is 1. The van der Waals surface area contributed by atoms with Crippen molar-refractivity contribution < 1.29 is 18.0 Å². The zero-order valence-corrected chi connectivity index (χ0v) is 11.1. The summed E-state index contributed by atoms with van der Waals surface area (Å²) >= 11 is 0. The molecule has 0 unspecified atom stereocenters. The lowest BCUT2D eigenvalue weighted by atomic mass is 10.1. The van der Waals surface area contributed by atoms with E-state index >= 15 is 0 Å². The van der Waals surface area contributed by atoms with E-state index in [0.717, 1.165) is 12.7 Å². The van der Waals surface area contributed by atoms with Gasteiger partial charge in [-0.3, -0.25) is 9.59 Å². The molecule has 0 aliphatic carbocycles. The van der Waals surface area contributed by atoms with Crippen LogP contribution in [0.1, 0.15) is 25.7 Å². The van der Waals surface area contributed by atoms with Crippen LogP contribution in [-0.4, -0.2) is 60.3 Å². The van der Waals surface area contributed by atoms with Crippen molar-refractivity contribution in [2.45, 2.75) is 36.6 Å². The van der Waals surface area contributed by atoms with Gasteiger partial charge in [-0.25, -0.2) is 8.42 Å². The number of carbonyl (C=O) groups is 2. The summed E-state index contributed by atoms with van der Waals surface area (Å²) in [5.74, 6) is -0.570. The van der Waals surface area contributed by atoms with Crippen molar-refractivity contribution >= 4 is 21.7 Å². The van der Waals surface area contributed by atoms with Gasteiger partial charge in [0, 0.05) is 19.3 Å². The van der Waals surface area contributed by atoms with Crippen molar-refractivity contribution in [3.8, 4) is 0 Å². The Labute approximate surface area is 106 Å². The number of rotatable bonds is 1. The van der Waals surface area contributed by atoms with E-state index in [1.807, 2.05) is 0 Å². The van der Waals surface area contributed by atoms with Gasteiger partial charge in [0.1, 0.15) is 6.04 Å². The van der Waals surface area contributed by atoms with Gasteiger partial charge in [0.2, 0.25) is 10.8 Å². The molecule has 0 aromatic heterocycles. The summed E-state index contributed by atoms with van der Waals surface area (Å²) < 4.78 is 24.2. The molecular formula is C11H16N2O4S. The molecule has 0 aromatic rings. The molecule has 3 fully saturated rings. The molecule has 0 aromatic carbocycles. The average Bonchev–Trinajstić information content (AvgIpc) is 2.92. The van der Waals surface area contributed by atoms with E-state index in [0.29, 0.717) is 25.9 Å². The predicted molar refractivity (Wildman–Crippen MR) is 63.3 cm³/mol. The highest BCUT2D eigenvalue weighted by atomic mass is 32.2. The molecule has 18 heavy (non-hydrogen) atoms. The van der Waals surface area contributed by atoms with Gasteiger partial charge in [0.25, 0.3) is 5.91 Å². The largest absolute Gasteiger partial charge is 0.328 e. The Bertz CT molecular complexity index is 529. The van der Waals surface area contributed by atoms with Crippen molar-refractivity contribution in [1.82, 2.24) is 9.80 Å². The normalized spacial score (nSPS) is 35.9. The quantitative estimate of drug-likeness (QED) is 0.636. The number of nitrogens with zero attached hydrogens (tertiary/aromatic N) is 2. The first kappa shape index (κ1) is 12.0. The Morgan fingerprint density at radius 3 is 2.61 bits per heavy atom. The van der Waals surface area contributed by atoms with Crippen LogP contribution in [0.3, 0.4) is 0 Å². The molecule has 7 heteroatoms. The van der Waals surface area contributed by atoms with E-state index in [9.17, 15) is 18.0 Å². The number of hydrogen-bond acceptors (Lipinski definition) is 4. The molecule has 2 atom stereocenters. The van der Waals surface area contributed by atoms with Crippen molar-refractivity contribution in [3.63, 3.8) is 0 Å². The topological polar surface area (TPSA) is 74.8 Å². The minimum absolute atomic E-state index is 0.185. The van der Waals surface area contributed by atoms with Gasteiger partial charge < -0.3 is 9.80 Å². The van der Waals surface area contributed by atoms with Gasteiger partial charge in [0.05, 0.1) is 0 Å². The summed E-state index contributed by atoms with van der Waals surface area (Å²) in [4.78, 5) is 26.1. The molecule has 3 rings (SSSR count). The van der Waals surface area contributed by atoms with Crippen LogP contribution in [0, 0.1) is 0 Å². The molecule has 0 radical (unpaired) electrons. The van der Waals surface area contributed by atoms with Crippen LogP contribution in [0.5, 0.6) is 0 Å². The lowest BCUT2D eigenvalue weighted by Gasteiger charge is -2.45. The number of carbonyl (C=O) groups excluding carboxylic acids is 2. The van der Waals surface area contributed by atoms with Crippen molar-refractivity contribution in [2.24, 2.45) is 0 Å². The Morgan fingerprint density at radius 2 is 1.94 bits per heavy atom. The molecule has 3 heterocycles. The fraction of sp³-hybridized carbons (Fsp3) is 0.818. The molecule has 3 aliphatic rings.